The Bertz CT molecular complexity index is 435. The van der Waals surface area contributed by atoms with E-state index in [4.69, 9.17) is 9.84 Å². The number of hydrogen-bond donors (Lipinski definition) is 2. The van der Waals surface area contributed by atoms with Gasteiger partial charge < -0.3 is 15.2 Å². The van der Waals surface area contributed by atoms with Crippen LogP contribution in [0, 0.1) is 0 Å². The summed E-state index contributed by atoms with van der Waals surface area (Å²) < 4.78 is 5.37. The lowest BCUT2D eigenvalue weighted by atomic mass is 10.0. The van der Waals surface area contributed by atoms with Crippen LogP contribution in [-0.2, 0) is 16.0 Å². The summed E-state index contributed by atoms with van der Waals surface area (Å²) in [4.78, 5) is 22.6. The molecule has 96 valence electrons. The van der Waals surface area contributed by atoms with Crippen molar-refractivity contribution < 1.29 is 19.4 Å². The zero-order valence-corrected chi connectivity index (χ0v) is 9.89. The van der Waals surface area contributed by atoms with Gasteiger partial charge in [0, 0.05) is 19.5 Å². The highest BCUT2D eigenvalue weighted by Crippen LogP contribution is 2.08. The van der Waals surface area contributed by atoms with Gasteiger partial charge in [0.05, 0.1) is 12.2 Å². The molecule has 0 aliphatic carbocycles. The molecule has 2 N–H and O–H groups in total. The lowest BCUT2D eigenvalue weighted by molar-refractivity contribution is -0.131. The molecule has 0 saturated carbocycles. The second-order valence-corrected chi connectivity index (χ2v) is 4.21. The number of carbonyl (C=O) groups excluding carboxylic acids is 1. The standard InChI is InChI=1S/C13H15NO4/c15-11(12-8-14-5-6-18-12)7-9-1-3-10(4-2-9)13(16)17/h1-4,12,14H,5-8H2,(H,16,17). The zero-order chi connectivity index (χ0) is 13.0. The summed E-state index contributed by atoms with van der Waals surface area (Å²) in [5.74, 6) is -0.946. The first kappa shape index (κ1) is 12.7. The lowest BCUT2D eigenvalue weighted by Crippen LogP contribution is -2.43. The van der Waals surface area contributed by atoms with Crippen molar-refractivity contribution in [1.29, 1.82) is 0 Å². The minimum atomic E-state index is -0.965. The Kier molecular flexibility index (Phi) is 4.07. The Morgan fingerprint density at radius 2 is 2.06 bits per heavy atom. The van der Waals surface area contributed by atoms with Crippen molar-refractivity contribution in [2.75, 3.05) is 19.7 Å². The molecular weight excluding hydrogens is 234 g/mol. The van der Waals surface area contributed by atoms with Crippen molar-refractivity contribution in [3.63, 3.8) is 0 Å². The second-order valence-electron chi connectivity index (χ2n) is 4.21. The lowest BCUT2D eigenvalue weighted by Gasteiger charge is -2.22. The van der Waals surface area contributed by atoms with Gasteiger partial charge in [0.15, 0.2) is 5.78 Å². The number of aromatic carboxylic acids is 1. The third-order valence-corrected chi connectivity index (χ3v) is 2.87. The van der Waals surface area contributed by atoms with Crippen LogP contribution in [0.5, 0.6) is 0 Å². The molecule has 1 aromatic carbocycles. The van der Waals surface area contributed by atoms with Crippen molar-refractivity contribution in [2.45, 2.75) is 12.5 Å². The highest BCUT2D eigenvalue weighted by molar-refractivity contribution is 5.88. The van der Waals surface area contributed by atoms with Crippen LogP contribution in [0.15, 0.2) is 24.3 Å². The molecule has 1 heterocycles. The quantitative estimate of drug-likeness (QED) is 0.812. The van der Waals surface area contributed by atoms with Crippen molar-refractivity contribution in [3.05, 3.63) is 35.4 Å². The Hall–Kier alpha value is -1.72. The number of rotatable bonds is 4. The minimum absolute atomic E-state index is 0.0188. The SMILES string of the molecule is O=C(O)c1ccc(CC(=O)C2CNCCO2)cc1. The maximum atomic E-state index is 11.9. The molecule has 1 saturated heterocycles. The van der Waals surface area contributed by atoms with Crippen LogP contribution in [0.3, 0.4) is 0 Å². The molecule has 5 heteroatoms. The number of morpholine rings is 1. The van der Waals surface area contributed by atoms with E-state index in [0.717, 1.165) is 12.1 Å². The van der Waals surface area contributed by atoms with E-state index in [9.17, 15) is 9.59 Å². The molecule has 18 heavy (non-hydrogen) atoms. The monoisotopic (exact) mass is 249 g/mol. The number of carbonyl (C=O) groups is 2. The molecule has 1 atom stereocenters. The van der Waals surface area contributed by atoms with E-state index in [0.29, 0.717) is 13.2 Å². The number of hydrogen-bond acceptors (Lipinski definition) is 4. The van der Waals surface area contributed by atoms with Gasteiger partial charge in [-0.25, -0.2) is 4.79 Å². The summed E-state index contributed by atoms with van der Waals surface area (Å²) in [5, 5.41) is 11.9. The molecule has 1 aliphatic heterocycles. The van der Waals surface area contributed by atoms with Crippen LogP contribution >= 0.6 is 0 Å². The van der Waals surface area contributed by atoms with Crippen LogP contribution in [0.1, 0.15) is 15.9 Å². The van der Waals surface area contributed by atoms with Crippen LogP contribution in [0.25, 0.3) is 0 Å². The van der Waals surface area contributed by atoms with E-state index in [1.54, 1.807) is 12.1 Å². The van der Waals surface area contributed by atoms with Gasteiger partial charge >= 0.3 is 5.97 Å². The maximum Gasteiger partial charge on any atom is 0.335 e. The molecule has 5 nitrogen and oxygen atoms in total. The van der Waals surface area contributed by atoms with Gasteiger partial charge in [-0.15, -0.1) is 0 Å². The van der Waals surface area contributed by atoms with E-state index < -0.39 is 12.1 Å². The van der Waals surface area contributed by atoms with E-state index >= 15 is 0 Å². The van der Waals surface area contributed by atoms with Crippen molar-refractivity contribution in [2.24, 2.45) is 0 Å². The summed E-state index contributed by atoms with van der Waals surface area (Å²) in [6.07, 6.45) is -0.121. The number of nitrogens with one attached hydrogen (secondary N) is 1. The number of ketones is 1. The first-order valence-corrected chi connectivity index (χ1v) is 5.84. The normalized spacial score (nSPS) is 19.4. The Balaban J connectivity index is 1.96. The molecule has 1 aromatic rings. The summed E-state index contributed by atoms with van der Waals surface area (Å²) in [5.41, 5.74) is 1.03. The highest BCUT2D eigenvalue weighted by Gasteiger charge is 2.21. The second kappa shape index (κ2) is 5.75. The predicted octanol–water partition coefficient (Wildman–Crippen LogP) is 0.485. The fourth-order valence-corrected chi connectivity index (χ4v) is 1.85. The van der Waals surface area contributed by atoms with Gasteiger partial charge in [-0.05, 0) is 17.7 Å². The molecule has 0 spiro atoms. The summed E-state index contributed by atoms with van der Waals surface area (Å²) in [6, 6.07) is 6.34. The number of benzene rings is 1. The topological polar surface area (TPSA) is 75.6 Å². The van der Waals surface area contributed by atoms with Gasteiger partial charge in [-0.1, -0.05) is 12.1 Å². The maximum absolute atomic E-state index is 11.9. The summed E-state index contributed by atoms with van der Waals surface area (Å²) in [6.45, 7) is 1.87. The zero-order valence-electron chi connectivity index (χ0n) is 9.89. The molecule has 1 unspecified atom stereocenters. The predicted molar refractivity (Wildman–Crippen MR) is 64.7 cm³/mol. The molecule has 0 radical (unpaired) electrons. The van der Waals surface area contributed by atoms with E-state index in [-0.39, 0.29) is 17.8 Å². The first-order chi connectivity index (χ1) is 8.66. The van der Waals surface area contributed by atoms with Crippen molar-refractivity contribution >= 4 is 11.8 Å². The highest BCUT2D eigenvalue weighted by atomic mass is 16.5. The van der Waals surface area contributed by atoms with Crippen LogP contribution in [-0.4, -0.2) is 42.7 Å². The molecule has 0 bridgehead atoms. The Morgan fingerprint density at radius 1 is 1.33 bits per heavy atom. The molecule has 2 rings (SSSR count). The van der Waals surface area contributed by atoms with Crippen LogP contribution < -0.4 is 5.32 Å². The Morgan fingerprint density at radius 3 is 2.61 bits per heavy atom. The van der Waals surface area contributed by atoms with Crippen molar-refractivity contribution in [3.8, 4) is 0 Å². The molecule has 1 aliphatic rings. The first-order valence-electron chi connectivity index (χ1n) is 5.84. The largest absolute Gasteiger partial charge is 0.478 e. The third-order valence-electron chi connectivity index (χ3n) is 2.87. The van der Waals surface area contributed by atoms with E-state index in [1.165, 1.54) is 12.1 Å². The molecular formula is C13H15NO4. The molecule has 0 aromatic heterocycles. The molecule has 1 fully saturated rings. The molecule has 0 amide bonds. The summed E-state index contributed by atoms with van der Waals surface area (Å²) in [7, 11) is 0. The average Bonchev–Trinajstić information content (AvgIpc) is 2.40. The van der Waals surface area contributed by atoms with Crippen molar-refractivity contribution in [1.82, 2.24) is 5.32 Å². The summed E-state index contributed by atoms with van der Waals surface area (Å²) >= 11 is 0. The number of carboxylic acids is 1. The van der Waals surface area contributed by atoms with E-state index in [2.05, 4.69) is 5.32 Å². The van der Waals surface area contributed by atoms with Gasteiger partial charge in [-0.2, -0.15) is 0 Å². The fourth-order valence-electron chi connectivity index (χ4n) is 1.85. The minimum Gasteiger partial charge on any atom is -0.478 e. The van der Waals surface area contributed by atoms with Gasteiger partial charge in [0.2, 0.25) is 0 Å². The van der Waals surface area contributed by atoms with Gasteiger partial charge in [-0.3, -0.25) is 4.79 Å². The third kappa shape index (κ3) is 3.15. The number of carboxylic acid groups (broad SMARTS) is 1. The Labute approximate surface area is 105 Å². The fraction of sp³-hybridized carbons (Fsp3) is 0.385. The van der Waals surface area contributed by atoms with Gasteiger partial charge in [0.25, 0.3) is 0 Å². The average molecular weight is 249 g/mol. The van der Waals surface area contributed by atoms with Gasteiger partial charge in [0.1, 0.15) is 6.10 Å². The number of Topliss-reactive ketones (excluding diaryl/α,β-unsaturated/α-hetero) is 1. The number of ether oxygens (including phenoxy) is 1. The van der Waals surface area contributed by atoms with Crippen LogP contribution in [0.4, 0.5) is 0 Å². The van der Waals surface area contributed by atoms with E-state index in [1.807, 2.05) is 0 Å². The van der Waals surface area contributed by atoms with Crippen LogP contribution in [0.2, 0.25) is 0 Å². The smallest absolute Gasteiger partial charge is 0.335 e.